The van der Waals surface area contributed by atoms with E-state index in [4.69, 9.17) is 4.74 Å². The third kappa shape index (κ3) is 3.30. The summed E-state index contributed by atoms with van der Waals surface area (Å²) >= 11 is 0. The number of nitro groups is 1. The van der Waals surface area contributed by atoms with Gasteiger partial charge < -0.3 is 4.74 Å². The summed E-state index contributed by atoms with van der Waals surface area (Å²) in [5.41, 5.74) is 0.396. The molecule has 0 radical (unpaired) electrons. The molecule has 0 spiro atoms. The minimum atomic E-state index is -0.759. The number of esters is 1. The summed E-state index contributed by atoms with van der Waals surface area (Å²) in [6, 6.07) is 11.1. The average molecular weight is 472 g/mol. The normalized spacial score (nSPS) is 29.5. The van der Waals surface area contributed by atoms with Gasteiger partial charge in [-0.2, -0.15) is 0 Å². The second kappa shape index (κ2) is 7.69. The molecule has 9 heteroatoms. The molecule has 2 amide bonds. The molecule has 2 aromatic carbocycles. The highest BCUT2D eigenvalue weighted by Gasteiger charge is 2.67. The van der Waals surface area contributed by atoms with Crippen molar-refractivity contribution in [1.82, 2.24) is 0 Å². The molecule has 5 aliphatic rings. The molecule has 2 saturated carbocycles. The Labute approximate surface area is 199 Å². The molecular formula is C26H20N2O7. The van der Waals surface area contributed by atoms with E-state index >= 15 is 0 Å². The summed E-state index contributed by atoms with van der Waals surface area (Å²) < 4.78 is 5.07. The molecule has 0 N–H and O–H groups in total. The van der Waals surface area contributed by atoms with E-state index in [9.17, 15) is 29.3 Å². The molecule has 2 aromatic rings. The summed E-state index contributed by atoms with van der Waals surface area (Å²) in [6.45, 7) is -0.577. The van der Waals surface area contributed by atoms with Crippen LogP contribution >= 0.6 is 0 Å². The molecule has 6 atom stereocenters. The Hall–Kier alpha value is -4.14. The fourth-order valence-electron chi connectivity index (χ4n) is 6.05. The summed E-state index contributed by atoms with van der Waals surface area (Å²) in [6.07, 6.45) is 5.32. The minimum absolute atomic E-state index is 0.0657. The number of nitro benzene ring substituents is 1. The summed E-state index contributed by atoms with van der Waals surface area (Å²) in [5.74, 6) is -0.985. The number of hydrogen-bond acceptors (Lipinski definition) is 7. The van der Waals surface area contributed by atoms with Crippen molar-refractivity contribution in [2.45, 2.75) is 6.42 Å². The quantitative estimate of drug-likeness (QED) is 0.158. The summed E-state index contributed by atoms with van der Waals surface area (Å²) in [5, 5.41) is 10.9. The van der Waals surface area contributed by atoms with Crippen LogP contribution in [0, 0.1) is 45.6 Å². The van der Waals surface area contributed by atoms with Gasteiger partial charge in [0, 0.05) is 17.7 Å². The first-order chi connectivity index (χ1) is 16.8. The molecule has 2 bridgehead atoms. The van der Waals surface area contributed by atoms with Crippen LogP contribution in [0.1, 0.15) is 27.1 Å². The monoisotopic (exact) mass is 472 g/mol. The molecule has 3 fully saturated rings. The molecule has 1 saturated heterocycles. The number of hydrogen-bond donors (Lipinski definition) is 0. The number of carbonyl (C=O) groups excluding carboxylic acids is 4. The molecule has 0 aromatic heterocycles. The van der Waals surface area contributed by atoms with Crippen LogP contribution in [0.4, 0.5) is 11.4 Å². The van der Waals surface area contributed by atoms with E-state index in [0.29, 0.717) is 17.5 Å². The number of carbonyl (C=O) groups is 4. The number of non-ortho nitro benzene ring substituents is 1. The minimum Gasteiger partial charge on any atom is -0.454 e. The molecule has 1 aliphatic heterocycles. The Morgan fingerprint density at radius 2 is 1.57 bits per heavy atom. The highest BCUT2D eigenvalue weighted by Crippen LogP contribution is 2.65. The van der Waals surface area contributed by atoms with E-state index in [1.165, 1.54) is 47.4 Å². The van der Waals surface area contributed by atoms with Crippen LogP contribution < -0.4 is 4.90 Å². The first-order valence-electron chi connectivity index (χ1n) is 11.5. The number of allylic oxidation sites excluding steroid dienone is 2. The Balaban J connectivity index is 1.13. The number of benzene rings is 2. The van der Waals surface area contributed by atoms with E-state index in [1.807, 2.05) is 0 Å². The van der Waals surface area contributed by atoms with E-state index < -0.39 is 23.3 Å². The number of nitrogens with zero attached hydrogens (tertiary/aromatic N) is 2. The van der Waals surface area contributed by atoms with Crippen LogP contribution in [0.3, 0.4) is 0 Å². The molecule has 7 rings (SSSR count). The van der Waals surface area contributed by atoms with Crippen LogP contribution in [-0.4, -0.2) is 35.1 Å². The fourth-order valence-corrected chi connectivity index (χ4v) is 6.05. The van der Waals surface area contributed by atoms with E-state index in [0.717, 1.165) is 12.5 Å². The van der Waals surface area contributed by atoms with Crippen molar-refractivity contribution in [3.8, 4) is 0 Å². The molecule has 1 heterocycles. The van der Waals surface area contributed by atoms with Gasteiger partial charge in [-0.25, -0.2) is 4.79 Å². The van der Waals surface area contributed by atoms with Crippen molar-refractivity contribution in [3.05, 3.63) is 81.9 Å². The first-order valence-corrected chi connectivity index (χ1v) is 11.5. The molecule has 4 aliphatic carbocycles. The largest absolute Gasteiger partial charge is 0.454 e. The van der Waals surface area contributed by atoms with Crippen LogP contribution in [-0.2, 0) is 14.3 Å². The first kappa shape index (κ1) is 21.4. The van der Waals surface area contributed by atoms with Crippen LogP contribution in [0.25, 0.3) is 0 Å². The Bertz CT molecular complexity index is 1300. The van der Waals surface area contributed by atoms with Gasteiger partial charge in [0.2, 0.25) is 17.6 Å². The van der Waals surface area contributed by atoms with Gasteiger partial charge in [-0.3, -0.25) is 29.4 Å². The lowest BCUT2D eigenvalue weighted by Crippen LogP contribution is -2.40. The lowest BCUT2D eigenvalue weighted by atomic mass is 9.63. The predicted molar refractivity (Wildman–Crippen MR) is 121 cm³/mol. The lowest BCUT2D eigenvalue weighted by Gasteiger charge is -2.37. The molecule has 6 unspecified atom stereocenters. The third-order valence-electron chi connectivity index (χ3n) is 7.74. The van der Waals surface area contributed by atoms with Gasteiger partial charge in [0.15, 0.2) is 6.61 Å². The number of ether oxygens (including phenoxy) is 1. The number of Topliss-reactive ketones (excluding diaryl/α,β-unsaturated/α-hetero) is 1. The average Bonchev–Trinajstić information content (AvgIpc) is 3.65. The van der Waals surface area contributed by atoms with Gasteiger partial charge in [0.05, 0.1) is 28.0 Å². The number of ketones is 1. The third-order valence-corrected chi connectivity index (χ3v) is 7.74. The van der Waals surface area contributed by atoms with Crippen molar-refractivity contribution in [2.24, 2.45) is 35.5 Å². The van der Waals surface area contributed by atoms with Crippen LogP contribution in [0.5, 0.6) is 0 Å². The topological polar surface area (TPSA) is 124 Å². The highest BCUT2D eigenvalue weighted by molar-refractivity contribution is 6.22. The molecular weight excluding hydrogens is 452 g/mol. The van der Waals surface area contributed by atoms with Crippen LogP contribution in [0.2, 0.25) is 0 Å². The maximum Gasteiger partial charge on any atom is 0.338 e. The number of amides is 2. The van der Waals surface area contributed by atoms with Crippen LogP contribution in [0.15, 0.2) is 60.7 Å². The van der Waals surface area contributed by atoms with E-state index in [-0.39, 0.29) is 52.3 Å². The molecule has 9 nitrogen and oxygen atoms in total. The standard InChI is InChI=1S/C26H20N2O7/c29-21(14-2-1-3-16(10-14)28(33)34)12-35-26(32)13-4-6-15(7-5-13)27-24(30)22-17-8-9-18(20-11-19(17)20)23(22)25(27)31/h1-10,17-20,22-23H,11-12H2. The summed E-state index contributed by atoms with van der Waals surface area (Å²) in [7, 11) is 0. The fraction of sp³-hybridized carbons (Fsp3) is 0.308. The zero-order valence-corrected chi connectivity index (χ0v) is 18.4. The second-order valence-electron chi connectivity index (χ2n) is 9.52. The van der Waals surface area contributed by atoms with Gasteiger partial charge in [0.1, 0.15) is 0 Å². The second-order valence-corrected chi connectivity index (χ2v) is 9.52. The number of imide groups is 1. The van der Waals surface area contributed by atoms with E-state index in [1.54, 1.807) is 0 Å². The molecule has 35 heavy (non-hydrogen) atoms. The van der Waals surface area contributed by atoms with Crippen molar-refractivity contribution < 1.29 is 28.8 Å². The Kier molecular flexibility index (Phi) is 4.70. The smallest absolute Gasteiger partial charge is 0.338 e. The Morgan fingerprint density at radius 1 is 0.943 bits per heavy atom. The van der Waals surface area contributed by atoms with Crippen molar-refractivity contribution in [3.63, 3.8) is 0 Å². The van der Waals surface area contributed by atoms with Gasteiger partial charge in [-0.1, -0.05) is 24.3 Å². The molecule has 176 valence electrons. The van der Waals surface area contributed by atoms with Crippen molar-refractivity contribution in [1.29, 1.82) is 0 Å². The lowest BCUT2D eigenvalue weighted by molar-refractivity contribution is -0.384. The van der Waals surface area contributed by atoms with Gasteiger partial charge in [-0.05, 0) is 54.4 Å². The zero-order valence-electron chi connectivity index (χ0n) is 18.4. The highest BCUT2D eigenvalue weighted by atomic mass is 16.6. The van der Waals surface area contributed by atoms with Crippen molar-refractivity contribution in [2.75, 3.05) is 11.5 Å². The maximum absolute atomic E-state index is 13.2. The van der Waals surface area contributed by atoms with E-state index in [2.05, 4.69) is 12.2 Å². The number of rotatable bonds is 6. The SMILES string of the molecule is O=C(COC(=O)c1ccc(N2C(=O)C3C4C=CC(C5CC45)C3C2=O)cc1)c1cccc([N+](=O)[O-])c1. The predicted octanol–water partition coefficient (Wildman–Crippen LogP) is 3.19. The number of anilines is 1. The van der Waals surface area contributed by atoms with Gasteiger partial charge in [0.25, 0.3) is 5.69 Å². The maximum atomic E-state index is 13.2. The van der Waals surface area contributed by atoms with Crippen molar-refractivity contribution >= 4 is 34.9 Å². The van der Waals surface area contributed by atoms with Gasteiger partial charge in [-0.15, -0.1) is 0 Å². The zero-order chi connectivity index (χ0) is 24.4. The Morgan fingerprint density at radius 3 is 2.17 bits per heavy atom. The summed E-state index contributed by atoms with van der Waals surface area (Å²) in [4.78, 5) is 62.6. The van der Waals surface area contributed by atoms with Gasteiger partial charge >= 0.3 is 5.97 Å².